The van der Waals surface area contributed by atoms with Gasteiger partial charge in [-0.15, -0.1) is 11.8 Å². The van der Waals surface area contributed by atoms with E-state index in [1.165, 1.54) is 53.5 Å². The molecule has 112 valence electrons. The van der Waals surface area contributed by atoms with Crippen molar-refractivity contribution in [2.24, 2.45) is 0 Å². The van der Waals surface area contributed by atoms with Gasteiger partial charge in [-0.2, -0.15) is 0 Å². The summed E-state index contributed by atoms with van der Waals surface area (Å²) in [5, 5.41) is 4.37. The molecule has 1 atom stereocenters. The normalized spacial score (nSPS) is 18.1. The molecule has 1 aliphatic rings. The number of hydrogen-bond donors (Lipinski definition) is 1. The Balaban J connectivity index is 1.97. The number of hydrogen-bond acceptors (Lipinski definition) is 2. The molecule has 1 aliphatic carbocycles. The quantitative estimate of drug-likeness (QED) is 0.677. The first kappa shape index (κ1) is 16.4. The zero-order valence-corrected chi connectivity index (χ0v) is 15.0. The summed E-state index contributed by atoms with van der Waals surface area (Å²) >= 11 is 5.82. The predicted octanol–water partition coefficient (Wildman–Crippen LogP) is 5.93. The maximum absolute atomic E-state index is 3.76. The van der Waals surface area contributed by atoms with Crippen molar-refractivity contribution in [3.8, 4) is 0 Å². The van der Waals surface area contributed by atoms with E-state index in [-0.39, 0.29) is 0 Å². The minimum atomic E-state index is 0.431. The third-order valence-electron chi connectivity index (χ3n) is 4.00. The first-order valence-corrected chi connectivity index (χ1v) is 9.57. The van der Waals surface area contributed by atoms with E-state index in [0.29, 0.717) is 6.04 Å². The van der Waals surface area contributed by atoms with Gasteiger partial charge in [0.25, 0.3) is 0 Å². The molecule has 1 saturated carbocycles. The van der Waals surface area contributed by atoms with Gasteiger partial charge in [-0.1, -0.05) is 32.3 Å². The second-order valence-electron chi connectivity index (χ2n) is 5.74. The highest BCUT2D eigenvalue weighted by molar-refractivity contribution is 9.10. The molecule has 0 amide bonds. The Labute approximate surface area is 136 Å². The van der Waals surface area contributed by atoms with Gasteiger partial charge >= 0.3 is 0 Å². The topological polar surface area (TPSA) is 12.0 Å². The molecule has 0 heterocycles. The fourth-order valence-electron chi connectivity index (χ4n) is 2.72. The molecule has 0 aliphatic heterocycles. The first-order chi connectivity index (χ1) is 9.70. The molecular weight excluding hydrogens is 330 g/mol. The van der Waals surface area contributed by atoms with E-state index in [2.05, 4.69) is 65.1 Å². The van der Waals surface area contributed by atoms with Crippen LogP contribution >= 0.6 is 27.7 Å². The van der Waals surface area contributed by atoms with Crippen molar-refractivity contribution in [1.82, 2.24) is 5.32 Å². The van der Waals surface area contributed by atoms with E-state index in [1.807, 2.05) is 0 Å². The Hall–Kier alpha value is 0.01000. The van der Waals surface area contributed by atoms with E-state index in [1.54, 1.807) is 0 Å². The highest BCUT2D eigenvalue weighted by Gasteiger charge is 2.16. The van der Waals surface area contributed by atoms with E-state index in [0.717, 1.165) is 11.8 Å². The maximum atomic E-state index is 3.76. The lowest BCUT2D eigenvalue weighted by molar-refractivity contribution is 0.516. The molecule has 1 unspecified atom stereocenters. The molecule has 1 nitrogen and oxygen atoms in total. The van der Waals surface area contributed by atoms with Gasteiger partial charge in [0.1, 0.15) is 0 Å². The standard InChI is InChI=1S/C17H26BrNS/c1-3-11-19-13(2)14-9-10-17(16(18)12-14)20-15-7-5-4-6-8-15/h9-10,12-13,15,19H,3-8,11H2,1-2H3. The van der Waals surface area contributed by atoms with E-state index in [9.17, 15) is 0 Å². The third-order valence-corrected chi connectivity index (χ3v) is 6.34. The Bertz CT molecular complexity index is 415. The van der Waals surface area contributed by atoms with Crippen molar-refractivity contribution in [2.75, 3.05) is 6.54 Å². The fraction of sp³-hybridized carbons (Fsp3) is 0.647. The summed E-state index contributed by atoms with van der Waals surface area (Å²) in [5.74, 6) is 0. The van der Waals surface area contributed by atoms with Gasteiger partial charge in [0.05, 0.1) is 0 Å². The molecule has 0 saturated heterocycles. The van der Waals surface area contributed by atoms with Crippen molar-refractivity contribution >= 4 is 27.7 Å². The zero-order valence-electron chi connectivity index (χ0n) is 12.6. The molecule has 0 bridgehead atoms. The van der Waals surface area contributed by atoms with Crippen molar-refractivity contribution in [3.63, 3.8) is 0 Å². The highest BCUT2D eigenvalue weighted by atomic mass is 79.9. The Morgan fingerprint density at radius 1 is 1.30 bits per heavy atom. The van der Waals surface area contributed by atoms with Gasteiger partial charge < -0.3 is 5.32 Å². The van der Waals surface area contributed by atoms with Gasteiger partial charge in [0.15, 0.2) is 0 Å². The van der Waals surface area contributed by atoms with Gasteiger partial charge in [-0.3, -0.25) is 0 Å². The SMILES string of the molecule is CCCNC(C)c1ccc(SC2CCCCC2)c(Br)c1. The molecule has 20 heavy (non-hydrogen) atoms. The van der Waals surface area contributed by atoms with Crippen LogP contribution in [-0.2, 0) is 0 Å². The van der Waals surface area contributed by atoms with Crippen LogP contribution < -0.4 is 5.32 Å². The summed E-state index contributed by atoms with van der Waals surface area (Å²) in [4.78, 5) is 1.41. The van der Waals surface area contributed by atoms with Crippen LogP contribution in [0.15, 0.2) is 27.6 Å². The molecule has 0 radical (unpaired) electrons. The third kappa shape index (κ3) is 4.78. The summed E-state index contributed by atoms with van der Waals surface area (Å²) in [6.45, 7) is 5.53. The molecular formula is C17H26BrNS. The second kappa shape index (κ2) is 8.45. The minimum Gasteiger partial charge on any atom is -0.310 e. The summed E-state index contributed by atoms with van der Waals surface area (Å²) < 4.78 is 1.26. The van der Waals surface area contributed by atoms with Crippen LogP contribution in [0.25, 0.3) is 0 Å². The zero-order chi connectivity index (χ0) is 14.4. The van der Waals surface area contributed by atoms with Gasteiger partial charge in [-0.25, -0.2) is 0 Å². The summed E-state index contributed by atoms with van der Waals surface area (Å²) in [5.41, 5.74) is 1.37. The number of thioether (sulfide) groups is 1. The van der Waals surface area contributed by atoms with Gasteiger partial charge in [0.2, 0.25) is 0 Å². The smallest absolute Gasteiger partial charge is 0.0314 e. The van der Waals surface area contributed by atoms with Crippen molar-refractivity contribution in [2.45, 2.75) is 68.6 Å². The van der Waals surface area contributed by atoms with Crippen LogP contribution in [0.1, 0.15) is 64.0 Å². The predicted molar refractivity (Wildman–Crippen MR) is 93.6 cm³/mol. The number of benzene rings is 1. The monoisotopic (exact) mass is 355 g/mol. The molecule has 0 aromatic heterocycles. The fourth-order valence-corrected chi connectivity index (χ4v) is 4.65. The lowest BCUT2D eigenvalue weighted by atomic mass is 10.0. The van der Waals surface area contributed by atoms with E-state index < -0.39 is 0 Å². The molecule has 3 heteroatoms. The van der Waals surface area contributed by atoms with Gasteiger partial charge in [0, 0.05) is 20.7 Å². The maximum Gasteiger partial charge on any atom is 0.0314 e. The first-order valence-electron chi connectivity index (χ1n) is 7.90. The molecule has 1 aromatic rings. The van der Waals surface area contributed by atoms with Gasteiger partial charge in [-0.05, 0) is 66.4 Å². The minimum absolute atomic E-state index is 0.431. The highest BCUT2D eigenvalue weighted by Crippen LogP contribution is 2.38. The number of halogens is 1. The van der Waals surface area contributed by atoms with Crippen LogP contribution in [0.3, 0.4) is 0 Å². The van der Waals surface area contributed by atoms with E-state index in [4.69, 9.17) is 0 Å². The van der Waals surface area contributed by atoms with Crippen LogP contribution in [0.5, 0.6) is 0 Å². The molecule has 1 fully saturated rings. The molecule has 1 aromatic carbocycles. The van der Waals surface area contributed by atoms with Crippen LogP contribution in [0.4, 0.5) is 0 Å². The van der Waals surface area contributed by atoms with Crippen molar-refractivity contribution < 1.29 is 0 Å². The summed E-state index contributed by atoms with van der Waals surface area (Å²) in [7, 11) is 0. The number of rotatable bonds is 6. The van der Waals surface area contributed by atoms with Crippen molar-refractivity contribution in [3.05, 3.63) is 28.2 Å². The van der Waals surface area contributed by atoms with Crippen molar-refractivity contribution in [1.29, 1.82) is 0 Å². The Morgan fingerprint density at radius 3 is 2.70 bits per heavy atom. The van der Waals surface area contributed by atoms with E-state index >= 15 is 0 Å². The Kier molecular flexibility index (Phi) is 6.92. The molecule has 2 rings (SSSR count). The van der Waals surface area contributed by atoms with Crippen LogP contribution in [-0.4, -0.2) is 11.8 Å². The molecule has 0 spiro atoms. The summed E-state index contributed by atoms with van der Waals surface area (Å²) in [6.07, 6.45) is 8.19. The number of nitrogens with one attached hydrogen (secondary N) is 1. The lowest BCUT2D eigenvalue weighted by Gasteiger charge is -2.22. The second-order valence-corrected chi connectivity index (χ2v) is 7.94. The molecule has 1 N–H and O–H groups in total. The average Bonchev–Trinajstić information content (AvgIpc) is 2.48. The lowest BCUT2D eigenvalue weighted by Crippen LogP contribution is -2.19. The average molecular weight is 356 g/mol. The van der Waals surface area contributed by atoms with Crippen LogP contribution in [0, 0.1) is 0 Å². The van der Waals surface area contributed by atoms with Crippen LogP contribution in [0.2, 0.25) is 0 Å². The Morgan fingerprint density at radius 2 is 2.05 bits per heavy atom. The largest absolute Gasteiger partial charge is 0.310 e. The summed E-state index contributed by atoms with van der Waals surface area (Å²) in [6, 6.07) is 7.30.